The van der Waals surface area contributed by atoms with Gasteiger partial charge < -0.3 is 10.4 Å². The van der Waals surface area contributed by atoms with Gasteiger partial charge in [-0.15, -0.1) is 0 Å². The van der Waals surface area contributed by atoms with Gasteiger partial charge in [-0.05, 0) is 24.8 Å². The van der Waals surface area contributed by atoms with E-state index >= 15 is 0 Å². The standard InChI is InChI=1S/C11H22F3NO/c1-10(2,3)9(5-8-16)15-7-4-6-11(12,13)14/h9,15-16H,4-8H2,1-3H3. The van der Waals surface area contributed by atoms with Crippen LogP contribution < -0.4 is 5.32 Å². The molecular weight excluding hydrogens is 219 g/mol. The van der Waals surface area contributed by atoms with Crippen molar-refractivity contribution in [1.29, 1.82) is 0 Å². The first kappa shape index (κ1) is 15.7. The van der Waals surface area contributed by atoms with Crippen molar-refractivity contribution in [2.45, 2.75) is 52.3 Å². The Hall–Kier alpha value is -0.290. The normalized spacial score (nSPS) is 15.2. The molecule has 0 aliphatic rings. The average Bonchev–Trinajstić information content (AvgIpc) is 2.06. The van der Waals surface area contributed by atoms with Crippen LogP contribution in [0.4, 0.5) is 13.2 Å². The summed E-state index contributed by atoms with van der Waals surface area (Å²) in [4.78, 5) is 0. The molecule has 0 aliphatic heterocycles. The Morgan fingerprint density at radius 2 is 1.75 bits per heavy atom. The minimum absolute atomic E-state index is 0.0470. The number of hydrogen-bond donors (Lipinski definition) is 2. The molecule has 0 spiro atoms. The number of aliphatic hydroxyl groups excluding tert-OH is 1. The molecule has 0 radical (unpaired) electrons. The molecule has 0 rings (SSSR count). The Bertz CT molecular complexity index is 187. The third kappa shape index (κ3) is 7.93. The van der Waals surface area contributed by atoms with Crippen molar-refractivity contribution < 1.29 is 18.3 Å². The van der Waals surface area contributed by atoms with Gasteiger partial charge in [0.15, 0.2) is 0 Å². The first-order valence-electron chi connectivity index (χ1n) is 5.58. The molecule has 0 aromatic rings. The summed E-state index contributed by atoms with van der Waals surface area (Å²) in [5, 5.41) is 11.9. The van der Waals surface area contributed by atoms with Crippen molar-refractivity contribution in [2.75, 3.05) is 13.2 Å². The van der Waals surface area contributed by atoms with Gasteiger partial charge in [-0.25, -0.2) is 0 Å². The monoisotopic (exact) mass is 241 g/mol. The second-order valence-corrected chi connectivity index (χ2v) is 5.10. The summed E-state index contributed by atoms with van der Waals surface area (Å²) in [6.07, 6.45) is -4.18. The van der Waals surface area contributed by atoms with Crippen molar-refractivity contribution in [2.24, 2.45) is 5.41 Å². The van der Waals surface area contributed by atoms with Crippen molar-refractivity contribution in [3.05, 3.63) is 0 Å². The van der Waals surface area contributed by atoms with Crippen molar-refractivity contribution in [3.8, 4) is 0 Å². The molecule has 0 fully saturated rings. The SMILES string of the molecule is CC(C)(C)C(CCO)NCCCC(F)(F)F. The molecule has 0 saturated heterocycles. The van der Waals surface area contributed by atoms with Crippen LogP contribution in [-0.4, -0.2) is 30.5 Å². The van der Waals surface area contributed by atoms with E-state index in [1.54, 1.807) is 0 Å². The zero-order valence-corrected chi connectivity index (χ0v) is 10.2. The summed E-state index contributed by atoms with van der Waals surface area (Å²) < 4.78 is 35.7. The second kappa shape index (κ2) is 6.45. The van der Waals surface area contributed by atoms with Gasteiger partial charge in [-0.1, -0.05) is 20.8 Å². The van der Waals surface area contributed by atoms with Crippen molar-refractivity contribution in [1.82, 2.24) is 5.32 Å². The lowest BCUT2D eigenvalue weighted by molar-refractivity contribution is -0.135. The largest absolute Gasteiger partial charge is 0.396 e. The van der Waals surface area contributed by atoms with Gasteiger partial charge in [0.2, 0.25) is 0 Å². The molecule has 2 nitrogen and oxygen atoms in total. The quantitative estimate of drug-likeness (QED) is 0.701. The van der Waals surface area contributed by atoms with Crippen LogP contribution in [-0.2, 0) is 0 Å². The summed E-state index contributed by atoms with van der Waals surface area (Å²) in [6, 6.07) is 0.0470. The topological polar surface area (TPSA) is 32.3 Å². The molecule has 0 aromatic carbocycles. The first-order chi connectivity index (χ1) is 7.17. The summed E-state index contributed by atoms with van der Waals surface area (Å²) in [5.74, 6) is 0. The molecule has 0 amide bonds. The van der Waals surface area contributed by atoms with Crippen LogP contribution >= 0.6 is 0 Å². The van der Waals surface area contributed by atoms with Gasteiger partial charge in [0, 0.05) is 19.1 Å². The lowest BCUT2D eigenvalue weighted by atomic mass is 9.85. The van der Waals surface area contributed by atoms with Crippen LogP contribution in [0.5, 0.6) is 0 Å². The lowest BCUT2D eigenvalue weighted by Gasteiger charge is -2.31. The van der Waals surface area contributed by atoms with E-state index in [0.29, 0.717) is 13.0 Å². The number of rotatable bonds is 6. The second-order valence-electron chi connectivity index (χ2n) is 5.10. The van der Waals surface area contributed by atoms with E-state index in [1.165, 1.54) is 0 Å². The molecule has 0 heterocycles. The van der Waals surface area contributed by atoms with Crippen molar-refractivity contribution in [3.63, 3.8) is 0 Å². The smallest absolute Gasteiger partial charge is 0.389 e. The summed E-state index contributed by atoms with van der Waals surface area (Å²) in [5.41, 5.74) is -0.0546. The highest BCUT2D eigenvalue weighted by molar-refractivity contribution is 4.80. The van der Waals surface area contributed by atoms with E-state index in [4.69, 9.17) is 5.11 Å². The predicted molar refractivity (Wildman–Crippen MR) is 58.2 cm³/mol. The fourth-order valence-electron chi connectivity index (χ4n) is 1.54. The number of halogens is 3. The highest BCUT2D eigenvalue weighted by atomic mass is 19.4. The molecule has 98 valence electrons. The zero-order valence-electron chi connectivity index (χ0n) is 10.2. The van der Waals surface area contributed by atoms with Gasteiger partial charge in [-0.2, -0.15) is 13.2 Å². The minimum Gasteiger partial charge on any atom is -0.396 e. The van der Waals surface area contributed by atoms with Gasteiger partial charge >= 0.3 is 6.18 Å². The predicted octanol–water partition coefficient (Wildman–Crippen LogP) is 2.72. The maximum atomic E-state index is 11.9. The van der Waals surface area contributed by atoms with Gasteiger partial charge in [0.25, 0.3) is 0 Å². The fraction of sp³-hybridized carbons (Fsp3) is 1.00. The van der Waals surface area contributed by atoms with Gasteiger partial charge in [0.05, 0.1) is 0 Å². The molecule has 0 bridgehead atoms. The third-order valence-corrected chi connectivity index (χ3v) is 2.49. The van der Waals surface area contributed by atoms with E-state index in [9.17, 15) is 13.2 Å². The maximum Gasteiger partial charge on any atom is 0.389 e. The Morgan fingerprint density at radius 1 is 1.19 bits per heavy atom. The van der Waals surface area contributed by atoms with E-state index < -0.39 is 12.6 Å². The Kier molecular flexibility index (Phi) is 6.33. The summed E-state index contributed by atoms with van der Waals surface area (Å²) >= 11 is 0. The summed E-state index contributed by atoms with van der Waals surface area (Å²) in [7, 11) is 0. The molecule has 1 atom stereocenters. The highest BCUT2D eigenvalue weighted by Gasteiger charge is 2.27. The average molecular weight is 241 g/mol. The first-order valence-corrected chi connectivity index (χ1v) is 5.58. The van der Waals surface area contributed by atoms with Crippen LogP contribution in [0, 0.1) is 5.41 Å². The molecule has 0 saturated carbocycles. The van der Waals surface area contributed by atoms with Gasteiger partial charge in [-0.3, -0.25) is 0 Å². The number of aliphatic hydroxyl groups is 1. The van der Waals surface area contributed by atoms with E-state index in [1.807, 2.05) is 20.8 Å². The summed E-state index contributed by atoms with van der Waals surface area (Å²) in [6.45, 7) is 6.40. The lowest BCUT2D eigenvalue weighted by Crippen LogP contribution is -2.41. The van der Waals surface area contributed by atoms with E-state index in [-0.39, 0.29) is 24.5 Å². The molecule has 2 N–H and O–H groups in total. The molecule has 0 aliphatic carbocycles. The van der Waals surface area contributed by atoms with E-state index in [0.717, 1.165) is 0 Å². The van der Waals surface area contributed by atoms with Gasteiger partial charge in [0.1, 0.15) is 0 Å². The number of nitrogens with one attached hydrogen (secondary N) is 1. The Balaban J connectivity index is 3.86. The third-order valence-electron chi connectivity index (χ3n) is 2.49. The van der Waals surface area contributed by atoms with Crippen LogP contribution in [0.25, 0.3) is 0 Å². The molecule has 1 unspecified atom stereocenters. The minimum atomic E-state index is -4.07. The van der Waals surface area contributed by atoms with E-state index in [2.05, 4.69) is 5.32 Å². The molecule has 5 heteroatoms. The molecular formula is C11H22F3NO. The highest BCUT2D eigenvalue weighted by Crippen LogP contribution is 2.23. The van der Waals surface area contributed by atoms with Crippen molar-refractivity contribution >= 4 is 0 Å². The zero-order chi connectivity index (χ0) is 12.8. The number of alkyl halides is 3. The maximum absolute atomic E-state index is 11.9. The van der Waals surface area contributed by atoms with Crippen LogP contribution in [0.2, 0.25) is 0 Å². The molecule has 16 heavy (non-hydrogen) atoms. The molecule has 0 aromatic heterocycles. The number of hydrogen-bond acceptors (Lipinski definition) is 2. The van der Waals surface area contributed by atoms with Crippen LogP contribution in [0.1, 0.15) is 40.0 Å². The van der Waals surface area contributed by atoms with Crippen LogP contribution in [0.15, 0.2) is 0 Å². The Labute approximate surface area is 95.2 Å². The van der Waals surface area contributed by atoms with Crippen LogP contribution in [0.3, 0.4) is 0 Å². The fourth-order valence-corrected chi connectivity index (χ4v) is 1.54. The Morgan fingerprint density at radius 3 is 2.12 bits per heavy atom.